The van der Waals surface area contributed by atoms with E-state index in [1.54, 1.807) is 6.07 Å². The Morgan fingerprint density at radius 3 is 2.43 bits per heavy atom. The molecule has 8 heteroatoms. The molecule has 1 aromatic heterocycles. The Labute approximate surface area is 134 Å². The van der Waals surface area contributed by atoms with Crippen LogP contribution in [0.1, 0.15) is 22.0 Å². The summed E-state index contributed by atoms with van der Waals surface area (Å²) in [6.45, 7) is 0.0239. The second kappa shape index (κ2) is 6.95. The minimum absolute atomic E-state index is 0.0239. The zero-order valence-electron chi connectivity index (χ0n) is 12.8. The largest absolute Gasteiger partial charge is 0.472 e. The molecular formula is C15H18N2O5S. The summed E-state index contributed by atoms with van der Waals surface area (Å²) >= 11 is 0. The highest BCUT2D eigenvalue weighted by atomic mass is 32.2. The van der Waals surface area contributed by atoms with Crippen LogP contribution in [0.3, 0.4) is 0 Å². The van der Waals surface area contributed by atoms with Crippen LogP contribution in [0.4, 0.5) is 0 Å². The summed E-state index contributed by atoms with van der Waals surface area (Å²) in [5, 5.41) is 12.4. The third kappa shape index (κ3) is 3.98. The fraction of sp³-hybridized carbons (Fsp3) is 0.267. The van der Waals surface area contributed by atoms with Gasteiger partial charge in [-0.1, -0.05) is 0 Å². The number of amides is 1. The number of carbonyl (C=O) groups is 1. The van der Waals surface area contributed by atoms with Crippen molar-refractivity contribution in [2.75, 3.05) is 20.6 Å². The van der Waals surface area contributed by atoms with Gasteiger partial charge in [-0.2, -0.15) is 0 Å². The fourth-order valence-electron chi connectivity index (χ4n) is 1.86. The van der Waals surface area contributed by atoms with Gasteiger partial charge in [0.05, 0.1) is 23.5 Å². The van der Waals surface area contributed by atoms with E-state index in [1.807, 2.05) is 0 Å². The van der Waals surface area contributed by atoms with Crippen molar-refractivity contribution in [3.05, 3.63) is 54.0 Å². The Hall–Kier alpha value is -2.16. The first-order valence-corrected chi connectivity index (χ1v) is 8.27. The van der Waals surface area contributed by atoms with Gasteiger partial charge in [-0.15, -0.1) is 0 Å². The molecule has 0 aliphatic heterocycles. The molecule has 1 unspecified atom stereocenters. The molecule has 0 aliphatic rings. The topological polar surface area (TPSA) is 99.9 Å². The Morgan fingerprint density at radius 2 is 1.91 bits per heavy atom. The molecule has 124 valence electrons. The predicted octanol–water partition coefficient (Wildman–Crippen LogP) is 0.993. The minimum Gasteiger partial charge on any atom is -0.472 e. The van der Waals surface area contributed by atoms with E-state index in [9.17, 15) is 18.3 Å². The third-order valence-corrected chi connectivity index (χ3v) is 5.11. The van der Waals surface area contributed by atoms with Gasteiger partial charge in [0, 0.05) is 31.8 Å². The van der Waals surface area contributed by atoms with E-state index >= 15 is 0 Å². The normalized spacial score (nSPS) is 13.0. The number of carbonyl (C=O) groups excluding carboxylic acids is 1. The van der Waals surface area contributed by atoms with Gasteiger partial charge in [-0.05, 0) is 30.3 Å². The molecule has 0 radical (unpaired) electrons. The lowest BCUT2D eigenvalue weighted by Crippen LogP contribution is -2.28. The molecule has 23 heavy (non-hydrogen) atoms. The fourth-order valence-corrected chi connectivity index (χ4v) is 2.76. The lowest BCUT2D eigenvalue weighted by Gasteiger charge is -2.12. The summed E-state index contributed by atoms with van der Waals surface area (Å²) in [7, 11) is -0.648. The molecule has 0 saturated heterocycles. The number of aliphatic hydroxyl groups is 1. The van der Waals surface area contributed by atoms with Crippen LogP contribution in [0.25, 0.3) is 0 Å². The highest BCUT2D eigenvalue weighted by Gasteiger charge is 2.18. The van der Waals surface area contributed by atoms with Crippen molar-refractivity contribution in [1.29, 1.82) is 0 Å². The van der Waals surface area contributed by atoms with Crippen molar-refractivity contribution in [1.82, 2.24) is 9.62 Å². The molecule has 0 bridgehead atoms. The van der Waals surface area contributed by atoms with Gasteiger partial charge < -0.3 is 14.8 Å². The Kier molecular flexibility index (Phi) is 5.19. The van der Waals surface area contributed by atoms with Crippen molar-refractivity contribution >= 4 is 15.9 Å². The van der Waals surface area contributed by atoms with Crippen molar-refractivity contribution in [2.24, 2.45) is 0 Å². The second-order valence-electron chi connectivity index (χ2n) is 5.09. The molecule has 0 spiro atoms. The Morgan fingerprint density at radius 1 is 1.26 bits per heavy atom. The van der Waals surface area contributed by atoms with Crippen LogP contribution in [0.5, 0.6) is 0 Å². The van der Waals surface area contributed by atoms with Gasteiger partial charge in [0.2, 0.25) is 10.0 Å². The van der Waals surface area contributed by atoms with Gasteiger partial charge >= 0.3 is 0 Å². The molecule has 1 aromatic carbocycles. The van der Waals surface area contributed by atoms with Gasteiger partial charge in [0.25, 0.3) is 5.91 Å². The summed E-state index contributed by atoms with van der Waals surface area (Å²) in [5.74, 6) is -0.402. The zero-order valence-corrected chi connectivity index (χ0v) is 13.6. The van der Waals surface area contributed by atoms with E-state index in [-0.39, 0.29) is 11.4 Å². The minimum atomic E-state index is -3.52. The summed E-state index contributed by atoms with van der Waals surface area (Å²) in [4.78, 5) is 12.1. The Bertz CT molecular complexity index is 752. The van der Waals surface area contributed by atoms with E-state index in [1.165, 1.54) is 50.9 Å². The van der Waals surface area contributed by atoms with E-state index in [2.05, 4.69) is 5.32 Å². The average molecular weight is 338 g/mol. The Balaban J connectivity index is 2.01. The van der Waals surface area contributed by atoms with Gasteiger partial charge in [-0.3, -0.25) is 4.79 Å². The highest BCUT2D eigenvalue weighted by molar-refractivity contribution is 7.89. The van der Waals surface area contributed by atoms with Crippen LogP contribution >= 0.6 is 0 Å². The van der Waals surface area contributed by atoms with Gasteiger partial charge in [0.15, 0.2) is 0 Å². The van der Waals surface area contributed by atoms with E-state index < -0.39 is 22.0 Å². The summed E-state index contributed by atoms with van der Waals surface area (Å²) < 4.78 is 29.8. The number of hydrogen-bond acceptors (Lipinski definition) is 5. The number of nitrogens with one attached hydrogen (secondary N) is 1. The molecule has 1 atom stereocenters. The predicted molar refractivity (Wildman–Crippen MR) is 83.3 cm³/mol. The summed E-state index contributed by atoms with van der Waals surface area (Å²) in [5.41, 5.74) is 0.875. The molecule has 2 aromatic rings. The maximum Gasteiger partial charge on any atom is 0.251 e. The number of benzene rings is 1. The van der Waals surface area contributed by atoms with Crippen LogP contribution in [0, 0.1) is 0 Å². The first-order valence-electron chi connectivity index (χ1n) is 6.83. The molecule has 1 amide bonds. The van der Waals surface area contributed by atoms with E-state index in [0.29, 0.717) is 11.1 Å². The number of rotatable bonds is 6. The van der Waals surface area contributed by atoms with Gasteiger partial charge in [-0.25, -0.2) is 12.7 Å². The lowest BCUT2D eigenvalue weighted by atomic mass is 10.2. The van der Waals surface area contributed by atoms with Crippen molar-refractivity contribution in [3.63, 3.8) is 0 Å². The molecule has 0 aliphatic carbocycles. The van der Waals surface area contributed by atoms with Crippen molar-refractivity contribution in [2.45, 2.75) is 11.0 Å². The van der Waals surface area contributed by atoms with Crippen molar-refractivity contribution in [3.8, 4) is 0 Å². The first kappa shape index (κ1) is 17.2. The van der Waals surface area contributed by atoms with E-state index in [0.717, 1.165) is 4.31 Å². The van der Waals surface area contributed by atoms with Crippen LogP contribution in [-0.2, 0) is 10.0 Å². The van der Waals surface area contributed by atoms with E-state index in [4.69, 9.17) is 4.42 Å². The third-order valence-electron chi connectivity index (χ3n) is 3.28. The molecule has 2 N–H and O–H groups in total. The molecule has 0 saturated carbocycles. The monoisotopic (exact) mass is 338 g/mol. The molecule has 1 heterocycles. The number of aliphatic hydroxyl groups excluding tert-OH is 1. The van der Waals surface area contributed by atoms with Gasteiger partial charge in [0.1, 0.15) is 0 Å². The van der Waals surface area contributed by atoms with Crippen LogP contribution in [0.2, 0.25) is 0 Å². The highest BCUT2D eigenvalue weighted by Crippen LogP contribution is 2.15. The molecule has 0 fully saturated rings. The quantitative estimate of drug-likeness (QED) is 0.818. The summed E-state index contributed by atoms with van der Waals surface area (Å²) in [6.07, 6.45) is 1.97. The maximum absolute atomic E-state index is 12.0. The molecule has 7 nitrogen and oxygen atoms in total. The molecular weight excluding hydrogens is 320 g/mol. The van der Waals surface area contributed by atoms with Crippen LogP contribution < -0.4 is 5.32 Å². The SMILES string of the molecule is CN(C)S(=O)(=O)c1ccc(C(=O)NCC(O)c2ccoc2)cc1. The van der Waals surface area contributed by atoms with Crippen LogP contribution in [-0.4, -0.2) is 44.4 Å². The number of furan rings is 1. The standard InChI is InChI=1S/C15H18N2O5S/c1-17(2)23(20,21)13-5-3-11(4-6-13)15(19)16-9-14(18)12-7-8-22-10-12/h3-8,10,14,18H,9H2,1-2H3,(H,16,19). The zero-order chi connectivity index (χ0) is 17.0. The lowest BCUT2D eigenvalue weighted by molar-refractivity contribution is 0.0916. The number of hydrogen-bond donors (Lipinski definition) is 2. The number of nitrogens with zero attached hydrogens (tertiary/aromatic N) is 1. The summed E-state index contributed by atoms with van der Waals surface area (Å²) in [6, 6.07) is 7.21. The average Bonchev–Trinajstić information content (AvgIpc) is 3.06. The smallest absolute Gasteiger partial charge is 0.251 e. The first-order chi connectivity index (χ1) is 10.8. The van der Waals surface area contributed by atoms with Crippen LogP contribution in [0.15, 0.2) is 52.2 Å². The second-order valence-corrected chi connectivity index (χ2v) is 7.25. The number of sulfonamides is 1. The van der Waals surface area contributed by atoms with Crippen molar-refractivity contribution < 1.29 is 22.7 Å². The molecule has 2 rings (SSSR count). The maximum atomic E-state index is 12.0.